The van der Waals surface area contributed by atoms with E-state index in [4.69, 9.17) is 0 Å². The molecular weight excluding hydrogens is 154 g/mol. The van der Waals surface area contributed by atoms with Gasteiger partial charge in [-0.25, -0.2) is 10.9 Å². The van der Waals surface area contributed by atoms with Crippen LogP contribution in [-0.2, 0) is 0 Å². The fourth-order valence-electron chi connectivity index (χ4n) is 1.46. The first-order chi connectivity index (χ1) is 5.33. The number of hydrogen-bond acceptors (Lipinski definition) is 1. The third-order valence-corrected chi connectivity index (χ3v) is 4.24. The van der Waals surface area contributed by atoms with Gasteiger partial charge >= 0.3 is 0 Å². The molecule has 0 amide bonds. The van der Waals surface area contributed by atoms with Gasteiger partial charge in [0, 0.05) is 6.54 Å². The smallest absolute Gasteiger partial charge is 0.101 e. The molecule has 0 saturated heterocycles. The fourth-order valence-corrected chi connectivity index (χ4v) is 3.40. The van der Waals surface area contributed by atoms with E-state index in [1.165, 1.54) is 24.3 Å². The molecule has 1 aliphatic rings. The molecule has 0 aromatic heterocycles. The van der Waals surface area contributed by atoms with Crippen LogP contribution in [0.4, 0.5) is 0 Å². The van der Waals surface area contributed by atoms with Crippen molar-refractivity contribution in [2.45, 2.75) is 26.7 Å². The monoisotopic (exact) mass is 172 g/mol. The summed E-state index contributed by atoms with van der Waals surface area (Å²) in [7, 11) is 0.0873. The largest absolute Gasteiger partial charge is 0.277 e. The number of aliphatic imine (C=N–C) groups is 1. The molecule has 1 heterocycles. The Kier molecular flexibility index (Phi) is 3.98. The van der Waals surface area contributed by atoms with Gasteiger partial charge in [0.15, 0.2) is 0 Å². The molecular formula is C9H18NS. The van der Waals surface area contributed by atoms with Gasteiger partial charge in [-0.2, -0.15) is 0 Å². The van der Waals surface area contributed by atoms with Gasteiger partial charge < -0.3 is 0 Å². The third kappa shape index (κ3) is 3.28. The minimum absolute atomic E-state index is 0.0873. The second kappa shape index (κ2) is 4.81. The van der Waals surface area contributed by atoms with Crippen molar-refractivity contribution >= 4 is 16.4 Å². The first-order valence-electron chi connectivity index (χ1n) is 4.50. The van der Waals surface area contributed by atoms with E-state index in [0.717, 1.165) is 12.5 Å². The SMILES string of the molecule is CCCC(C)C[SH]1[C]=NCC1. The van der Waals surface area contributed by atoms with Crippen molar-refractivity contribution in [2.24, 2.45) is 10.9 Å². The number of nitrogens with zero attached hydrogens (tertiary/aromatic N) is 1. The van der Waals surface area contributed by atoms with E-state index in [2.05, 4.69) is 24.4 Å². The van der Waals surface area contributed by atoms with Crippen molar-refractivity contribution < 1.29 is 0 Å². The molecule has 0 fully saturated rings. The zero-order valence-corrected chi connectivity index (χ0v) is 8.40. The van der Waals surface area contributed by atoms with Gasteiger partial charge in [-0.1, -0.05) is 26.7 Å². The molecule has 0 N–H and O–H groups in total. The zero-order chi connectivity index (χ0) is 8.10. The maximum absolute atomic E-state index is 4.16. The Balaban J connectivity index is 2.13. The predicted molar refractivity (Wildman–Crippen MR) is 55.1 cm³/mol. The molecule has 0 bridgehead atoms. The van der Waals surface area contributed by atoms with Gasteiger partial charge in [-0.05, 0) is 17.4 Å². The van der Waals surface area contributed by atoms with Crippen molar-refractivity contribution in [3.05, 3.63) is 0 Å². The standard InChI is InChI=1S/C9H18NS/c1-3-4-9(2)7-11-6-5-10-8-11/h9,11H,3-7H2,1-2H3. The van der Waals surface area contributed by atoms with E-state index in [0.29, 0.717) is 0 Å². The van der Waals surface area contributed by atoms with E-state index < -0.39 is 0 Å². The van der Waals surface area contributed by atoms with Crippen molar-refractivity contribution in [1.82, 2.24) is 0 Å². The van der Waals surface area contributed by atoms with Crippen LogP contribution in [0, 0.1) is 5.92 Å². The van der Waals surface area contributed by atoms with E-state index in [-0.39, 0.29) is 10.9 Å². The number of rotatable bonds is 4. The summed E-state index contributed by atoms with van der Waals surface area (Å²) in [5.74, 6) is 3.57. The molecule has 0 aromatic rings. The van der Waals surface area contributed by atoms with Gasteiger partial charge in [0.25, 0.3) is 0 Å². The van der Waals surface area contributed by atoms with E-state index in [1.54, 1.807) is 0 Å². The van der Waals surface area contributed by atoms with Gasteiger partial charge in [-0.15, -0.1) is 0 Å². The van der Waals surface area contributed by atoms with Crippen LogP contribution in [0.5, 0.6) is 0 Å². The van der Waals surface area contributed by atoms with Crippen molar-refractivity contribution in [2.75, 3.05) is 18.1 Å². The Morgan fingerprint density at radius 3 is 3.00 bits per heavy atom. The van der Waals surface area contributed by atoms with Gasteiger partial charge in [0.2, 0.25) is 0 Å². The highest BCUT2D eigenvalue weighted by molar-refractivity contribution is 8.28. The van der Waals surface area contributed by atoms with Crippen LogP contribution in [0.25, 0.3) is 0 Å². The molecule has 2 unspecified atom stereocenters. The molecule has 0 saturated carbocycles. The highest BCUT2D eigenvalue weighted by Gasteiger charge is 2.10. The van der Waals surface area contributed by atoms with E-state index in [9.17, 15) is 0 Å². The molecule has 1 aliphatic heterocycles. The summed E-state index contributed by atoms with van der Waals surface area (Å²) in [4.78, 5) is 4.16. The van der Waals surface area contributed by atoms with Crippen LogP contribution in [0.1, 0.15) is 26.7 Å². The lowest BCUT2D eigenvalue weighted by atomic mass is 10.1. The summed E-state index contributed by atoms with van der Waals surface area (Å²) in [6.45, 7) is 5.66. The molecule has 11 heavy (non-hydrogen) atoms. The van der Waals surface area contributed by atoms with Crippen LogP contribution < -0.4 is 0 Å². The lowest BCUT2D eigenvalue weighted by Gasteiger charge is -2.15. The fraction of sp³-hybridized carbons (Fsp3) is 0.889. The van der Waals surface area contributed by atoms with Crippen molar-refractivity contribution in [1.29, 1.82) is 0 Å². The molecule has 1 radical (unpaired) electrons. The van der Waals surface area contributed by atoms with Crippen LogP contribution in [-0.4, -0.2) is 23.6 Å². The van der Waals surface area contributed by atoms with Crippen LogP contribution in [0.15, 0.2) is 4.99 Å². The Morgan fingerprint density at radius 2 is 2.45 bits per heavy atom. The number of thiol groups is 1. The summed E-state index contributed by atoms with van der Waals surface area (Å²) in [6, 6.07) is 0. The van der Waals surface area contributed by atoms with E-state index in [1.807, 2.05) is 0 Å². The van der Waals surface area contributed by atoms with Crippen LogP contribution >= 0.6 is 10.9 Å². The highest BCUT2D eigenvalue weighted by Crippen LogP contribution is 2.29. The Hall–Kier alpha value is 0.0200. The summed E-state index contributed by atoms with van der Waals surface area (Å²) >= 11 is 0. The Bertz CT molecular complexity index is 134. The Labute approximate surface area is 72.6 Å². The normalized spacial score (nSPS) is 29.1. The van der Waals surface area contributed by atoms with Crippen molar-refractivity contribution in [3.8, 4) is 0 Å². The molecule has 1 nitrogen and oxygen atoms in total. The third-order valence-electron chi connectivity index (χ3n) is 2.01. The molecule has 0 aromatic carbocycles. The van der Waals surface area contributed by atoms with Crippen LogP contribution in [0.2, 0.25) is 0 Å². The summed E-state index contributed by atoms with van der Waals surface area (Å²) in [6.07, 6.45) is 2.70. The quantitative estimate of drug-likeness (QED) is 0.625. The minimum Gasteiger partial charge on any atom is -0.277 e. The topological polar surface area (TPSA) is 12.4 Å². The average Bonchev–Trinajstić information content (AvgIpc) is 2.40. The summed E-state index contributed by atoms with van der Waals surface area (Å²) < 4.78 is 0. The maximum atomic E-state index is 4.16. The second-order valence-corrected chi connectivity index (χ2v) is 5.41. The molecule has 2 atom stereocenters. The Morgan fingerprint density at radius 1 is 1.64 bits per heavy atom. The summed E-state index contributed by atoms with van der Waals surface area (Å²) in [5, 5.41) is 0. The first kappa shape index (κ1) is 9.11. The maximum Gasteiger partial charge on any atom is 0.101 e. The molecule has 65 valence electrons. The zero-order valence-electron chi connectivity index (χ0n) is 7.51. The van der Waals surface area contributed by atoms with E-state index >= 15 is 0 Å². The van der Waals surface area contributed by atoms with Crippen molar-refractivity contribution in [3.63, 3.8) is 0 Å². The summed E-state index contributed by atoms with van der Waals surface area (Å²) in [5.41, 5.74) is 3.24. The number of hydrogen-bond donors (Lipinski definition) is 1. The predicted octanol–water partition coefficient (Wildman–Crippen LogP) is 2.34. The lowest BCUT2D eigenvalue weighted by molar-refractivity contribution is 0.585. The highest BCUT2D eigenvalue weighted by atomic mass is 32.2. The molecule has 2 heteroatoms. The first-order valence-corrected chi connectivity index (χ1v) is 6.21. The average molecular weight is 172 g/mol. The second-order valence-electron chi connectivity index (χ2n) is 3.32. The molecule has 0 aliphatic carbocycles. The lowest BCUT2D eigenvalue weighted by Crippen LogP contribution is -2.03. The van der Waals surface area contributed by atoms with Crippen LogP contribution in [0.3, 0.4) is 0 Å². The van der Waals surface area contributed by atoms with Gasteiger partial charge in [0.05, 0.1) is 0 Å². The van der Waals surface area contributed by atoms with Gasteiger partial charge in [-0.3, -0.25) is 4.99 Å². The van der Waals surface area contributed by atoms with Gasteiger partial charge in [0.1, 0.15) is 5.55 Å². The molecule has 0 spiro atoms. The molecule has 1 rings (SSSR count). The minimum atomic E-state index is 0.0873.